The van der Waals surface area contributed by atoms with Crippen LogP contribution < -0.4 is 0 Å². The molecule has 0 unspecified atom stereocenters. The van der Waals surface area contributed by atoms with Crippen LogP contribution in [0.3, 0.4) is 0 Å². The number of rotatable bonds is 5. The average molecular weight is 355 g/mol. The first kappa shape index (κ1) is 18.6. The Bertz CT molecular complexity index is 768. The number of hydrogen-bond acceptors (Lipinski definition) is 2. The SMILES string of the molecule is Cc1cc(F)ccc1-c1cccc(C(=O)N(C)CC[C@@H]2CCCCO2)c1. The lowest BCUT2D eigenvalue weighted by Gasteiger charge is -2.25. The van der Waals surface area contributed by atoms with Crippen molar-refractivity contribution in [2.75, 3.05) is 20.2 Å². The van der Waals surface area contributed by atoms with Crippen LogP contribution in [0.5, 0.6) is 0 Å². The molecule has 2 aromatic carbocycles. The largest absolute Gasteiger partial charge is 0.378 e. The van der Waals surface area contributed by atoms with E-state index in [1.165, 1.54) is 18.6 Å². The maximum absolute atomic E-state index is 13.3. The van der Waals surface area contributed by atoms with Gasteiger partial charge in [-0.3, -0.25) is 4.79 Å². The van der Waals surface area contributed by atoms with Crippen molar-refractivity contribution in [1.29, 1.82) is 0 Å². The number of carbonyl (C=O) groups excluding carboxylic acids is 1. The van der Waals surface area contributed by atoms with Gasteiger partial charge in [0.1, 0.15) is 5.82 Å². The van der Waals surface area contributed by atoms with Crippen LogP contribution in [0.15, 0.2) is 42.5 Å². The summed E-state index contributed by atoms with van der Waals surface area (Å²) < 4.78 is 19.1. The van der Waals surface area contributed by atoms with Crippen LogP contribution in [0.4, 0.5) is 4.39 Å². The molecule has 1 fully saturated rings. The van der Waals surface area contributed by atoms with Crippen LogP contribution in [0.1, 0.15) is 41.6 Å². The molecule has 1 atom stereocenters. The highest BCUT2D eigenvalue weighted by molar-refractivity contribution is 5.95. The van der Waals surface area contributed by atoms with Gasteiger partial charge >= 0.3 is 0 Å². The van der Waals surface area contributed by atoms with E-state index in [0.717, 1.165) is 42.6 Å². The number of aryl methyl sites for hydroxylation is 1. The minimum Gasteiger partial charge on any atom is -0.378 e. The number of hydrogen-bond donors (Lipinski definition) is 0. The van der Waals surface area contributed by atoms with Gasteiger partial charge in [0.2, 0.25) is 0 Å². The predicted octanol–water partition coefficient (Wildman–Crippen LogP) is 4.83. The first-order valence-corrected chi connectivity index (χ1v) is 9.28. The van der Waals surface area contributed by atoms with Crippen molar-refractivity contribution in [3.8, 4) is 11.1 Å². The summed E-state index contributed by atoms with van der Waals surface area (Å²) in [5.41, 5.74) is 3.38. The molecular weight excluding hydrogens is 329 g/mol. The summed E-state index contributed by atoms with van der Waals surface area (Å²) in [5, 5.41) is 0. The quantitative estimate of drug-likeness (QED) is 0.769. The highest BCUT2D eigenvalue weighted by Crippen LogP contribution is 2.25. The average Bonchev–Trinajstić information content (AvgIpc) is 2.66. The van der Waals surface area contributed by atoms with Crippen molar-refractivity contribution in [1.82, 2.24) is 4.90 Å². The molecule has 2 aromatic rings. The Morgan fingerprint density at radius 2 is 2.08 bits per heavy atom. The van der Waals surface area contributed by atoms with Gasteiger partial charge in [-0.15, -0.1) is 0 Å². The number of carbonyl (C=O) groups is 1. The second-order valence-corrected chi connectivity index (χ2v) is 7.04. The van der Waals surface area contributed by atoms with E-state index in [-0.39, 0.29) is 17.8 Å². The molecule has 3 rings (SSSR count). The smallest absolute Gasteiger partial charge is 0.253 e. The van der Waals surface area contributed by atoms with Gasteiger partial charge in [0.05, 0.1) is 6.10 Å². The summed E-state index contributed by atoms with van der Waals surface area (Å²) in [6.45, 7) is 3.40. The molecule has 0 N–H and O–H groups in total. The highest BCUT2D eigenvalue weighted by atomic mass is 19.1. The molecule has 1 aliphatic rings. The second kappa shape index (κ2) is 8.45. The van der Waals surface area contributed by atoms with Gasteiger partial charge in [0, 0.05) is 25.8 Å². The van der Waals surface area contributed by atoms with Gasteiger partial charge in [0.25, 0.3) is 5.91 Å². The van der Waals surface area contributed by atoms with E-state index in [4.69, 9.17) is 4.74 Å². The molecule has 3 nitrogen and oxygen atoms in total. The first-order chi connectivity index (χ1) is 12.5. The van der Waals surface area contributed by atoms with Crippen molar-refractivity contribution in [2.24, 2.45) is 0 Å². The molecule has 138 valence electrons. The molecule has 0 spiro atoms. The zero-order valence-corrected chi connectivity index (χ0v) is 15.5. The maximum atomic E-state index is 13.3. The molecule has 4 heteroatoms. The number of amides is 1. The molecule has 1 saturated heterocycles. The monoisotopic (exact) mass is 355 g/mol. The first-order valence-electron chi connectivity index (χ1n) is 9.28. The van der Waals surface area contributed by atoms with Crippen LogP contribution in [0, 0.1) is 12.7 Å². The Labute approximate surface area is 154 Å². The summed E-state index contributed by atoms with van der Waals surface area (Å²) in [7, 11) is 1.83. The van der Waals surface area contributed by atoms with Crippen molar-refractivity contribution in [3.63, 3.8) is 0 Å². The van der Waals surface area contributed by atoms with Gasteiger partial charge in [-0.05, 0) is 73.6 Å². The topological polar surface area (TPSA) is 29.5 Å². The third-order valence-electron chi connectivity index (χ3n) is 5.02. The third kappa shape index (κ3) is 4.50. The van der Waals surface area contributed by atoms with Gasteiger partial charge in [0.15, 0.2) is 0 Å². The second-order valence-electron chi connectivity index (χ2n) is 7.04. The Hall–Kier alpha value is -2.20. The lowest BCUT2D eigenvalue weighted by molar-refractivity contribution is 0.00709. The molecule has 0 saturated carbocycles. The van der Waals surface area contributed by atoms with Gasteiger partial charge in [-0.25, -0.2) is 4.39 Å². The molecular formula is C22H26FNO2. The minimum absolute atomic E-state index is 0.00224. The third-order valence-corrected chi connectivity index (χ3v) is 5.02. The van der Waals surface area contributed by atoms with Crippen LogP contribution in [-0.4, -0.2) is 37.1 Å². The molecule has 0 aromatic heterocycles. The van der Waals surface area contributed by atoms with Crippen molar-refractivity contribution < 1.29 is 13.9 Å². The molecule has 0 bridgehead atoms. The summed E-state index contributed by atoms with van der Waals surface area (Å²) >= 11 is 0. The van der Waals surface area contributed by atoms with Crippen molar-refractivity contribution in [2.45, 2.75) is 38.7 Å². The van der Waals surface area contributed by atoms with Gasteiger partial charge in [-0.1, -0.05) is 18.2 Å². The van der Waals surface area contributed by atoms with Crippen LogP contribution in [0.2, 0.25) is 0 Å². The fourth-order valence-electron chi connectivity index (χ4n) is 3.47. The van der Waals surface area contributed by atoms with E-state index in [1.807, 2.05) is 38.2 Å². The minimum atomic E-state index is -0.247. The highest BCUT2D eigenvalue weighted by Gasteiger charge is 2.17. The van der Waals surface area contributed by atoms with Gasteiger partial charge < -0.3 is 9.64 Å². The Balaban J connectivity index is 1.69. The van der Waals surface area contributed by atoms with E-state index >= 15 is 0 Å². The number of nitrogens with zero attached hydrogens (tertiary/aromatic N) is 1. The predicted molar refractivity (Wildman–Crippen MR) is 102 cm³/mol. The fourth-order valence-corrected chi connectivity index (χ4v) is 3.47. The Morgan fingerprint density at radius 3 is 2.81 bits per heavy atom. The number of ether oxygens (including phenoxy) is 1. The lowest BCUT2D eigenvalue weighted by Crippen LogP contribution is -2.31. The standard InChI is InChI=1S/C22H26FNO2/c1-16-14-19(23)9-10-21(16)17-6-5-7-18(15-17)22(25)24(2)12-11-20-8-3-4-13-26-20/h5-7,9-10,14-15,20H,3-4,8,11-13H2,1-2H3/t20-/m0/s1. The van der Waals surface area contributed by atoms with Crippen LogP contribution in [-0.2, 0) is 4.74 Å². The maximum Gasteiger partial charge on any atom is 0.253 e. The van der Waals surface area contributed by atoms with Gasteiger partial charge in [-0.2, -0.15) is 0 Å². The van der Waals surface area contributed by atoms with E-state index in [9.17, 15) is 9.18 Å². The van der Waals surface area contributed by atoms with E-state index in [1.54, 1.807) is 11.0 Å². The lowest BCUT2D eigenvalue weighted by atomic mass is 9.98. The summed E-state index contributed by atoms with van der Waals surface area (Å²) in [6.07, 6.45) is 4.58. The Morgan fingerprint density at radius 1 is 1.23 bits per heavy atom. The van der Waals surface area contributed by atoms with Crippen molar-refractivity contribution in [3.05, 3.63) is 59.4 Å². The number of benzene rings is 2. The van der Waals surface area contributed by atoms with Crippen LogP contribution in [0.25, 0.3) is 11.1 Å². The summed E-state index contributed by atoms with van der Waals surface area (Å²) in [4.78, 5) is 14.5. The van der Waals surface area contributed by atoms with E-state index in [2.05, 4.69) is 0 Å². The number of halogens is 1. The van der Waals surface area contributed by atoms with E-state index in [0.29, 0.717) is 12.1 Å². The molecule has 0 radical (unpaired) electrons. The molecule has 0 aliphatic carbocycles. The summed E-state index contributed by atoms with van der Waals surface area (Å²) in [5.74, 6) is -0.245. The molecule has 1 aliphatic heterocycles. The zero-order chi connectivity index (χ0) is 18.5. The van der Waals surface area contributed by atoms with Crippen LogP contribution >= 0.6 is 0 Å². The fraction of sp³-hybridized carbons (Fsp3) is 0.409. The van der Waals surface area contributed by atoms with E-state index < -0.39 is 0 Å². The molecule has 26 heavy (non-hydrogen) atoms. The zero-order valence-electron chi connectivity index (χ0n) is 15.5. The Kier molecular flexibility index (Phi) is 6.04. The molecule has 1 heterocycles. The molecule has 1 amide bonds. The normalized spacial score (nSPS) is 17.1. The summed E-state index contributed by atoms with van der Waals surface area (Å²) in [6, 6.07) is 12.3. The van der Waals surface area contributed by atoms with Crippen molar-refractivity contribution >= 4 is 5.91 Å².